The number of benzene rings is 1. The van der Waals surface area contributed by atoms with Crippen LogP contribution < -0.4 is 0 Å². The first-order valence-corrected chi connectivity index (χ1v) is 8.56. The minimum Gasteiger partial charge on any atom is -0.268 e. The fourth-order valence-corrected chi connectivity index (χ4v) is 3.50. The number of imide groups is 1. The van der Waals surface area contributed by atoms with Crippen molar-refractivity contribution >= 4 is 62.1 Å². The Balaban J connectivity index is 1.88. The maximum atomic E-state index is 12.5. The summed E-state index contributed by atoms with van der Waals surface area (Å²) in [5.41, 5.74) is 1.24. The summed E-state index contributed by atoms with van der Waals surface area (Å²) in [5.74, 6) is -0.834. The number of thiocarbonyl (C=S) groups is 1. The van der Waals surface area contributed by atoms with E-state index in [9.17, 15) is 9.59 Å². The number of rotatable bonds is 2. The second-order valence-corrected chi connectivity index (χ2v) is 7.20. The molecule has 0 spiro atoms. The summed E-state index contributed by atoms with van der Waals surface area (Å²) < 4.78 is 1.19. The SMILES string of the molecule is O=C1C(=Cc2ccc(Br)cc2)SC(=S)N1C(=O)c1ccncc1. The number of amides is 2. The molecule has 0 radical (unpaired) electrons. The van der Waals surface area contributed by atoms with Gasteiger partial charge in [-0.1, -0.05) is 52.0 Å². The number of nitrogens with zero attached hydrogens (tertiary/aromatic N) is 2. The van der Waals surface area contributed by atoms with Crippen LogP contribution >= 0.6 is 39.9 Å². The number of hydrogen-bond acceptors (Lipinski definition) is 5. The quantitative estimate of drug-likeness (QED) is 0.431. The van der Waals surface area contributed by atoms with E-state index in [1.165, 1.54) is 12.4 Å². The van der Waals surface area contributed by atoms with Gasteiger partial charge in [-0.15, -0.1) is 0 Å². The molecule has 1 saturated heterocycles. The van der Waals surface area contributed by atoms with Gasteiger partial charge >= 0.3 is 0 Å². The van der Waals surface area contributed by atoms with Crippen LogP contribution in [-0.4, -0.2) is 26.0 Å². The van der Waals surface area contributed by atoms with E-state index in [4.69, 9.17) is 12.2 Å². The number of pyridine rings is 1. The molecule has 2 amide bonds. The zero-order chi connectivity index (χ0) is 16.4. The van der Waals surface area contributed by atoms with Crippen molar-refractivity contribution in [2.45, 2.75) is 0 Å². The minimum absolute atomic E-state index is 0.236. The highest BCUT2D eigenvalue weighted by Crippen LogP contribution is 2.33. The van der Waals surface area contributed by atoms with Gasteiger partial charge in [0, 0.05) is 22.4 Å². The van der Waals surface area contributed by atoms with E-state index in [0.29, 0.717) is 10.5 Å². The summed E-state index contributed by atoms with van der Waals surface area (Å²) in [7, 11) is 0. The Bertz CT molecular complexity index is 820. The summed E-state index contributed by atoms with van der Waals surface area (Å²) in [5, 5.41) is 0. The third-order valence-electron chi connectivity index (χ3n) is 3.09. The van der Waals surface area contributed by atoms with E-state index in [1.54, 1.807) is 18.2 Å². The van der Waals surface area contributed by atoms with Gasteiger partial charge in [0.05, 0.1) is 4.91 Å². The summed E-state index contributed by atoms with van der Waals surface area (Å²) in [6.45, 7) is 0. The van der Waals surface area contributed by atoms with Crippen molar-refractivity contribution in [2.24, 2.45) is 0 Å². The van der Waals surface area contributed by atoms with Crippen LogP contribution in [0.5, 0.6) is 0 Å². The van der Waals surface area contributed by atoms with E-state index >= 15 is 0 Å². The zero-order valence-corrected chi connectivity index (χ0v) is 14.8. The number of aromatic nitrogens is 1. The highest BCUT2D eigenvalue weighted by atomic mass is 79.9. The van der Waals surface area contributed by atoms with Crippen LogP contribution in [0.4, 0.5) is 0 Å². The summed E-state index contributed by atoms with van der Waals surface area (Å²) in [4.78, 5) is 30.3. The van der Waals surface area contributed by atoms with Crippen molar-refractivity contribution in [1.82, 2.24) is 9.88 Å². The van der Waals surface area contributed by atoms with Gasteiger partial charge in [0.1, 0.15) is 0 Å². The molecule has 1 aliphatic rings. The average Bonchev–Trinajstić information content (AvgIpc) is 2.84. The molecule has 1 aliphatic heterocycles. The molecule has 0 unspecified atom stereocenters. The Hall–Kier alpha value is -1.83. The molecular weight excluding hydrogens is 396 g/mol. The van der Waals surface area contributed by atoms with Gasteiger partial charge < -0.3 is 0 Å². The van der Waals surface area contributed by atoms with Crippen molar-refractivity contribution in [3.63, 3.8) is 0 Å². The summed E-state index contributed by atoms with van der Waals surface area (Å²) in [6, 6.07) is 10.6. The van der Waals surface area contributed by atoms with Gasteiger partial charge in [0.25, 0.3) is 11.8 Å². The molecule has 4 nitrogen and oxygen atoms in total. The summed E-state index contributed by atoms with van der Waals surface area (Å²) >= 11 is 9.68. The number of thioether (sulfide) groups is 1. The molecule has 0 N–H and O–H groups in total. The van der Waals surface area contributed by atoms with E-state index in [1.807, 2.05) is 24.3 Å². The molecule has 2 heterocycles. The topological polar surface area (TPSA) is 50.3 Å². The predicted octanol–water partition coefficient (Wildman–Crippen LogP) is 3.89. The molecule has 1 aromatic carbocycles. The molecule has 1 fully saturated rings. The lowest BCUT2D eigenvalue weighted by Crippen LogP contribution is -2.34. The van der Waals surface area contributed by atoms with Crippen LogP contribution in [-0.2, 0) is 4.79 Å². The van der Waals surface area contributed by atoms with Crippen LogP contribution in [0.3, 0.4) is 0 Å². The Morgan fingerprint density at radius 3 is 2.48 bits per heavy atom. The lowest BCUT2D eigenvalue weighted by Gasteiger charge is -2.11. The average molecular weight is 405 g/mol. The largest absolute Gasteiger partial charge is 0.273 e. The Labute approximate surface area is 150 Å². The van der Waals surface area contributed by atoms with Crippen LogP contribution in [0.25, 0.3) is 6.08 Å². The molecule has 1 aromatic heterocycles. The van der Waals surface area contributed by atoms with Crippen molar-refractivity contribution in [2.75, 3.05) is 0 Å². The first-order chi connectivity index (χ1) is 11.1. The lowest BCUT2D eigenvalue weighted by molar-refractivity contribution is -0.120. The fraction of sp³-hybridized carbons (Fsp3) is 0. The molecular formula is C16H9BrN2O2S2. The van der Waals surface area contributed by atoms with Crippen LogP contribution in [0.15, 0.2) is 58.2 Å². The fourth-order valence-electron chi connectivity index (χ4n) is 1.98. The van der Waals surface area contributed by atoms with Crippen molar-refractivity contribution in [3.8, 4) is 0 Å². The standard InChI is InChI=1S/C16H9BrN2O2S2/c17-12-3-1-10(2-4-12)9-13-15(21)19(16(22)23-13)14(20)11-5-7-18-8-6-11/h1-9H. The van der Waals surface area contributed by atoms with Gasteiger partial charge in [-0.3, -0.25) is 14.6 Å². The van der Waals surface area contributed by atoms with E-state index in [2.05, 4.69) is 20.9 Å². The van der Waals surface area contributed by atoms with Crippen molar-refractivity contribution in [1.29, 1.82) is 0 Å². The number of carbonyl (C=O) groups excluding carboxylic acids is 2. The third-order valence-corrected chi connectivity index (χ3v) is 4.92. The van der Waals surface area contributed by atoms with Gasteiger partial charge in [0.2, 0.25) is 0 Å². The van der Waals surface area contributed by atoms with Gasteiger partial charge in [-0.2, -0.15) is 0 Å². The third kappa shape index (κ3) is 3.41. The maximum Gasteiger partial charge on any atom is 0.273 e. The molecule has 0 aliphatic carbocycles. The molecule has 0 atom stereocenters. The minimum atomic E-state index is -0.436. The van der Waals surface area contributed by atoms with Crippen LogP contribution in [0.2, 0.25) is 0 Å². The number of carbonyl (C=O) groups is 2. The van der Waals surface area contributed by atoms with E-state index < -0.39 is 11.8 Å². The highest BCUT2D eigenvalue weighted by Gasteiger charge is 2.37. The molecule has 0 bridgehead atoms. The number of halogens is 1. The lowest BCUT2D eigenvalue weighted by atomic mass is 10.2. The molecule has 7 heteroatoms. The second kappa shape index (κ2) is 6.74. The molecule has 3 rings (SSSR count). The van der Waals surface area contributed by atoms with Gasteiger partial charge in [-0.05, 0) is 35.9 Å². The molecule has 23 heavy (non-hydrogen) atoms. The van der Waals surface area contributed by atoms with Crippen LogP contribution in [0, 0.1) is 0 Å². The highest BCUT2D eigenvalue weighted by molar-refractivity contribution is 9.10. The molecule has 0 saturated carbocycles. The molecule has 2 aromatic rings. The van der Waals surface area contributed by atoms with Crippen molar-refractivity contribution in [3.05, 3.63) is 69.3 Å². The Morgan fingerprint density at radius 2 is 1.83 bits per heavy atom. The normalized spacial score (nSPS) is 16.2. The van der Waals surface area contributed by atoms with Gasteiger partial charge in [-0.25, -0.2) is 4.90 Å². The van der Waals surface area contributed by atoms with Crippen molar-refractivity contribution < 1.29 is 9.59 Å². The van der Waals surface area contributed by atoms with Crippen LogP contribution in [0.1, 0.15) is 15.9 Å². The first-order valence-electron chi connectivity index (χ1n) is 6.54. The molecule has 114 valence electrons. The second-order valence-electron chi connectivity index (χ2n) is 4.61. The maximum absolute atomic E-state index is 12.5. The predicted molar refractivity (Wildman–Crippen MR) is 97.7 cm³/mol. The summed E-state index contributed by atoms with van der Waals surface area (Å²) in [6.07, 6.45) is 4.73. The number of hydrogen-bond donors (Lipinski definition) is 0. The Kier molecular flexibility index (Phi) is 4.70. The smallest absolute Gasteiger partial charge is 0.268 e. The Morgan fingerprint density at radius 1 is 1.17 bits per heavy atom. The van der Waals surface area contributed by atoms with E-state index in [0.717, 1.165) is 26.7 Å². The van der Waals surface area contributed by atoms with E-state index in [-0.39, 0.29) is 4.32 Å². The zero-order valence-electron chi connectivity index (χ0n) is 11.6. The monoisotopic (exact) mass is 404 g/mol. The van der Waals surface area contributed by atoms with Gasteiger partial charge in [0.15, 0.2) is 4.32 Å². The first kappa shape index (κ1) is 16.0.